The number of benzene rings is 2. The van der Waals surface area contributed by atoms with E-state index in [2.05, 4.69) is 10.6 Å². The first kappa shape index (κ1) is 23.1. The number of carbonyl (C=O) groups is 3. The van der Waals surface area contributed by atoms with E-state index in [9.17, 15) is 14.4 Å². The molecule has 0 saturated carbocycles. The highest BCUT2D eigenvalue weighted by molar-refractivity contribution is 6.00. The Kier molecular flexibility index (Phi) is 7.70. The lowest BCUT2D eigenvalue weighted by atomic mass is 10.1. The van der Waals surface area contributed by atoms with E-state index in [4.69, 9.17) is 9.47 Å². The van der Waals surface area contributed by atoms with Crippen molar-refractivity contribution in [3.05, 3.63) is 48.5 Å². The maximum Gasteiger partial charge on any atom is 0.262 e. The van der Waals surface area contributed by atoms with Crippen molar-refractivity contribution in [2.45, 2.75) is 20.3 Å². The molecule has 3 amide bonds. The molecule has 2 aromatic carbocycles. The zero-order valence-corrected chi connectivity index (χ0v) is 18.6. The van der Waals surface area contributed by atoms with Crippen molar-refractivity contribution in [3.63, 3.8) is 0 Å². The molecule has 0 radical (unpaired) electrons. The van der Waals surface area contributed by atoms with Crippen LogP contribution in [0.15, 0.2) is 48.5 Å². The number of hydrogen-bond acceptors (Lipinski definition) is 5. The molecule has 0 unspecified atom stereocenters. The molecule has 1 saturated heterocycles. The number of ether oxygens (including phenoxy) is 2. The molecule has 170 valence electrons. The van der Waals surface area contributed by atoms with Crippen molar-refractivity contribution in [1.29, 1.82) is 0 Å². The number of rotatable bonds is 9. The van der Waals surface area contributed by atoms with Gasteiger partial charge in [0.05, 0.1) is 13.0 Å². The summed E-state index contributed by atoms with van der Waals surface area (Å²) in [5.41, 5.74) is 1.31. The van der Waals surface area contributed by atoms with Crippen LogP contribution in [0.4, 0.5) is 11.4 Å². The number of nitrogens with zero attached hydrogens (tertiary/aromatic N) is 1. The summed E-state index contributed by atoms with van der Waals surface area (Å²) >= 11 is 0. The first-order chi connectivity index (χ1) is 15.4. The summed E-state index contributed by atoms with van der Waals surface area (Å²) in [4.78, 5) is 38.4. The monoisotopic (exact) mass is 439 g/mol. The van der Waals surface area contributed by atoms with E-state index in [1.54, 1.807) is 60.5 Å². The van der Waals surface area contributed by atoms with Crippen molar-refractivity contribution in [2.75, 3.05) is 37.0 Å². The van der Waals surface area contributed by atoms with Crippen LogP contribution in [0.1, 0.15) is 20.3 Å². The number of anilines is 2. The lowest BCUT2D eigenvalue weighted by molar-refractivity contribution is -0.126. The van der Waals surface area contributed by atoms with Crippen molar-refractivity contribution in [2.24, 2.45) is 11.8 Å². The summed E-state index contributed by atoms with van der Waals surface area (Å²) in [6, 6.07) is 14.0. The summed E-state index contributed by atoms with van der Waals surface area (Å²) in [6.07, 6.45) is 0.201. The van der Waals surface area contributed by atoms with Crippen LogP contribution < -0.4 is 25.0 Å². The lowest BCUT2D eigenvalue weighted by Crippen LogP contribution is -2.35. The minimum atomic E-state index is -0.350. The molecule has 0 spiro atoms. The molecule has 8 nitrogen and oxygen atoms in total. The largest absolute Gasteiger partial charge is 0.497 e. The second-order valence-corrected chi connectivity index (χ2v) is 8.11. The molecule has 1 fully saturated rings. The average molecular weight is 440 g/mol. The van der Waals surface area contributed by atoms with Gasteiger partial charge in [-0.25, -0.2) is 0 Å². The fourth-order valence-electron chi connectivity index (χ4n) is 3.35. The minimum absolute atomic E-state index is 0.0824. The maximum absolute atomic E-state index is 12.4. The molecule has 1 aliphatic rings. The normalized spacial score (nSPS) is 15.6. The third-order valence-corrected chi connectivity index (χ3v) is 5.05. The van der Waals surface area contributed by atoms with E-state index in [0.29, 0.717) is 41.9 Å². The lowest BCUT2D eigenvalue weighted by Gasteiger charge is -2.17. The van der Waals surface area contributed by atoms with Gasteiger partial charge in [-0.2, -0.15) is 0 Å². The number of amides is 3. The number of methoxy groups -OCH3 is 1. The number of nitrogens with one attached hydrogen (secondary N) is 2. The molecule has 0 aliphatic carbocycles. The smallest absolute Gasteiger partial charge is 0.262 e. The number of carbonyl (C=O) groups excluding carboxylic acids is 3. The van der Waals surface area contributed by atoms with Gasteiger partial charge in [-0.15, -0.1) is 0 Å². The Morgan fingerprint density at radius 1 is 1.12 bits per heavy atom. The Morgan fingerprint density at radius 2 is 1.88 bits per heavy atom. The van der Waals surface area contributed by atoms with Crippen LogP contribution in [0, 0.1) is 11.8 Å². The minimum Gasteiger partial charge on any atom is -0.497 e. The van der Waals surface area contributed by atoms with Crippen LogP contribution in [0.25, 0.3) is 0 Å². The highest BCUT2D eigenvalue weighted by atomic mass is 16.5. The Hall–Kier alpha value is -3.55. The SMILES string of the molecule is COc1cccc(NC(=O)COc2ccc(N3C[C@H](C(=O)NCC(C)C)CC3=O)cc2)c1. The molecule has 1 aliphatic heterocycles. The van der Waals surface area contributed by atoms with Crippen LogP contribution in [0.2, 0.25) is 0 Å². The van der Waals surface area contributed by atoms with Crippen LogP contribution in [-0.2, 0) is 14.4 Å². The van der Waals surface area contributed by atoms with E-state index >= 15 is 0 Å². The van der Waals surface area contributed by atoms with Crippen molar-refractivity contribution in [3.8, 4) is 11.5 Å². The van der Waals surface area contributed by atoms with E-state index in [0.717, 1.165) is 0 Å². The van der Waals surface area contributed by atoms with E-state index < -0.39 is 0 Å². The van der Waals surface area contributed by atoms with Gasteiger partial charge in [0.1, 0.15) is 11.5 Å². The van der Waals surface area contributed by atoms with Gasteiger partial charge in [-0.05, 0) is 42.3 Å². The summed E-state index contributed by atoms with van der Waals surface area (Å²) < 4.78 is 10.7. The summed E-state index contributed by atoms with van der Waals surface area (Å²) in [6.45, 7) is 4.85. The highest BCUT2D eigenvalue weighted by Gasteiger charge is 2.35. The molecular formula is C24H29N3O5. The van der Waals surface area contributed by atoms with Gasteiger partial charge in [0, 0.05) is 37.0 Å². The second-order valence-electron chi connectivity index (χ2n) is 8.11. The van der Waals surface area contributed by atoms with Crippen LogP contribution >= 0.6 is 0 Å². The zero-order chi connectivity index (χ0) is 23.1. The van der Waals surface area contributed by atoms with Crippen LogP contribution in [-0.4, -0.2) is 44.5 Å². The summed E-state index contributed by atoms with van der Waals surface area (Å²) in [5.74, 6) is 0.697. The Balaban J connectivity index is 1.50. The third-order valence-electron chi connectivity index (χ3n) is 5.05. The molecule has 1 atom stereocenters. The van der Waals surface area contributed by atoms with Gasteiger partial charge in [-0.3, -0.25) is 14.4 Å². The van der Waals surface area contributed by atoms with Crippen molar-refractivity contribution < 1.29 is 23.9 Å². The van der Waals surface area contributed by atoms with Crippen LogP contribution in [0.5, 0.6) is 11.5 Å². The molecule has 3 rings (SSSR count). The van der Waals surface area contributed by atoms with Gasteiger partial charge in [0.2, 0.25) is 11.8 Å². The Labute approximate surface area is 187 Å². The Morgan fingerprint density at radius 3 is 2.56 bits per heavy atom. The molecule has 0 bridgehead atoms. The molecule has 32 heavy (non-hydrogen) atoms. The maximum atomic E-state index is 12.4. The third kappa shape index (κ3) is 6.23. The van der Waals surface area contributed by atoms with E-state index in [1.165, 1.54) is 0 Å². The first-order valence-corrected chi connectivity index (χ1v) is 10.6. The molecule has 8 heteroatoms. The predicted octanol–water partition coefficient (Wildman–Crippen LogP) is 2.84. The number of hydrogen-bond donors (Lipinski definition) is 2. The van der Waals surface area contributed by atoms with Gasteiger partial charge >= 0.3 is 0 Å². The quantitative estimate of drug-likeness (QED) is 0.626. The summed E-state index contributed by atoms with van der Waals surface area (Å²) in [7, 11) is 1.56. The fourth-order valence-corrected chi connectivity index (χ4v) is 3.35. The standard InChI is InChI=1S/C24H29N3O5/c1-16(2)13-25-24(30)17-11-23(29)27(14-17)19-7-9-20(10-8-19)32-15-22(28)26-18-5-4-6-21(12-18)31-3/h4-10,12,16-17H,11,13-15H2,1-3H3,(H,25,30)(H,26,28)/t17-/m1/s1. The fraction of sp³-hybridized carbons (Fsp3) is 0.375. The van der Waals surface area contributed by atoms with Gasteiger partial charge in [-0.1, -0.05) is 19.9 Å². The van der Waals surface area contributed by atoms with Crippen LogP contribution in [0.3, 0.4) is 0 Å². The topological polar surface area (TPSA) is 97.0 Å². The Bertz CT molecular complexity index is 958. The van der Waals surface area contributed by atoms with E-state index in [1.807, 2.05) is 13.8 Å². The molecule has 0 aromatic heterocycles. The second kappa shape index (κ2) is 10.7. The van der Waals surface area contributed by atoms with Gasteiger partial charge in [0.15, 0.2) is 6.61 Å². The van der Waals surface area contributed by atoms with Gasteiger partial charge < -0.3 is 25.0 Å². The molecule has 2 aromatic rings. The predicted molar refractivity (Wildman–Crippen MR) is 122 cm³/mol. The summed E-state index contributed by atoms with van der Waals surface area (Å²) in [5, 5.41) is 5.64. The molecule has 1 heterocycles. The van der Waals surface area contributed by atoms with Gasteiger partial charge in [0.25, 0.3) is 5.91 Å². The van der Waals surface area contributed by atoms with E-state index in [-0.39, 0.29) is 36.7 Å². The zero-order valence-electron chi connectivity index (χ0n) is 18.6. The van der Waals surface area contributed by atoms with Crippen molar-refractivity contribution in [1.82, 2.24) is 5.32 Å². The highest BCUT2D eigenvalue weighted by Crippen LogP contribution is 2.27. The average Bonchev–Trinajstić information content (AvgIpc) is 3.18. The molecule has 2 N–H and O–H groups in total. The first-order valence-electron chi connectivity index (χ1n) is 10.6. The molecular weight excluding hydrogens is 410 g/mol. The van der Waals surface area contributed by atoms with Crippen molar-refractivity contribution >= 4 is 29.1 Å².